The van der Waals surface area contributed by atoms with Crippen molar-refractivity contribution in [1.29, 1.82) is 0 Å². The molecule has 0 spiro atoms. The first-order valence-corrected chi connectivity index (χ1v) is 9.21. The molecule has 0 radical (unpaired) electrons. The Morgan fingerprint density at radius 2 is 1.93 bits per heavy atom. The van der Waals surface area contributed by atoms with Crippen LogP contribution in [0, 0.1) is 5.82 Å². The molecule has 7 heteroatoms. The molecule has 0 bridgehead atoms. The number of aromatic nitrogens is 4. The normalized spacial score (nSPS) is 14.9. The molecule has 0 aliphatic heterocycles. The van der Waals surface area contributed by atoms with Crippen LogP contribution in [0.1, 0.15) is 18.4 Å². The molecule has 1 saturated carbocycles. The molecular weight excluding hydrogens is 355 g/mol. The van der Waals surface area contributed by atoms with Gasteiger partial charge in [-0.25, -0.2) is 4.39 Å². The molecule has 2 aromatic heterocycles. The van der Waals surface area contributed by atoms with Crippen LogP contribution in [-0.2, 0) is 5.41 Å². The van der Waals surface area contributed by atoms with E-state index in [1.807, 2.05) is 42.5 Å². The highest BCUT2D eigenvalue weighted by Crippen LogP contribution is 2.48. The number of fused-ring (bicyclic) bond motifs is 1. The fraction of sp³-hybridized carbons (Fsp3) is 0.190. The number of nitrogens with zero attached hydrogens (tertiary/aromatic N) is 3. The van der Waals surface area contributed by atoms with Crippen molar-refractivity contribution in [2.45, 2.75) is 18.3 Å². The van der Waals surface area contributed by atoms with Crippen molar-refractivity contribution in [3.8, 4) is 11.3 Å². The molecule has 0 amide bonds. The first-order valence-electron chi connectivity index (χ1n) is 9.21. The van der Waals surface area contributed by atoms with Crippen molar-refractivity contribution in [3.05, 3.63) is 66.0 Å². The average Bonchev–Trinajstić information content (AvgIpc) is 3.43. The Hall–Kier alpha value is -3.48. The molecule has 1 fully saturated rings. The Morgan fingerprint density at radius 3 is 2.68 bits per heavy atom. The van der Waals surface area contributed by atoms with Gasteiger partial charge in [0.15, 0.2) is 5.82 Å². The van der Waals surface area contributed by atoms with E-state index in [1.165, 1.54) is 6.07 Å². The lowest BCUT2D eigenvalue weighted by molar-refractivity contribution is 0.578. The van der Waals surface area contributed by atoms with Gasteiger partial charge >= 0.3 is 0 Å². The first kappa shape index (κ1) is 16.7. The molecule has 2 heterocycles. The van der Waals surface area contributed by atoms with Gasteiger partial charge < -0.3 is 11.1 Å². The van der Waals surface area contributed by atoms with Crippen molar-refractivity contribution >= 4 is 22.5 Å². The molecule has 4 N–H and O–H groups in total. The van der Waals surface area contributed by atoms with E-state index in [1.54, 1.807) is 6.07 Å². The maximum atomic E-state index is 14.1. The molecule has 1 aliphatic carbocycles. The van der Waals surface area contributed by atoms with Crippen LogP contribution in [0.25, 0.3) is 22.2 Å². The van der Waals surface area contributed by atoms with E-state index >= 15 is 0 Å². The molecule has 0 saturated heterocycles. The topological polar surface area (TPSA) is 92.5 Å². The van der Waals surface area contributed by atoms with E-state index in [0.717, 1.165) is 40.6 Å². The van der Waals surface area contributed by atoms with Crippen LogP contribution in [0.2, 0.25) is 0 Å². The highest BCUT2D eigenvalue weighted by atomic mass is 19.1. The summed E-state index contributed by atoms with van der Waals surface area (Å²) in [6.45, 7) is 0.638. The third-order valence-electron chi connectivity index (χ3n) is 5.46. The van der Waals surface area contributed by atoms with Gasteiger partial charge in [0.1, 0.15) is 11.6 Å². The summed E-state index contributed by atoms with van der Waals surface area (Å²) in [4.78, 5) is 0. The Morgan fingerprint density at radius 1 is 1.07 bits per heavy atom. The Balaban J connectivity index is 1.33. The predicted molar refractivity (Wildman–Crippen MR) is 107 cm³/mol. The smallest absolute Gasteiger partial charge is 0.153 e. The lowest BCUT2D eigenvalue weighted by Crippen LogP contribution is -2.21. The minimum atomic E-state index is -0.143. The predicted octanol–water partition coefficient (Wildman–Crippen LogP) is 3.88. The summed E-state index contributed by atoms with van der Waals surface area (Å²) in [5.74, 6) is 0.999. The summed E-state index contributed by atoms with van der Waals surface area (Å²) in [7, 11) is 0. The van der Waals surface area contributed by atoms with E-state index in [2.05, 4.69) is 25.7 Å². The van der Waals surface area contributed by atoms with Crippen LogP contribution >= 0.6 is 0 Å². The van der Waals surface area contributed by atoms with Gasteiger partial charge in [-0.1, -0.05) is 24.3 Å². The number of nitrogens with two attached hydrogens (primary N) is 1. The monoisotopic (exact) mass is 374 g/mol. The van der Waals surface area contributed by atoms with E-state index < -0.39 is 0 Å². The molecular formula is C21H19FN6. The van der Waals surface area contributed by atoms with Crippen LogP contribution in [0.4, 0.5) is 16.0 Å². The Labute approximate surface area is 161 Å². The van der Waals surface area contributed by atoms with Gasteiger partial charge in [0.05, 0.1) is 11.2 Å². The Kier molecular flexibility index (Phi) is 3.75. The highest BCUT2D eigenvalue weighted by molar-refractivity contribution is 5.91. The maximum Gasteiger partial charge on any atom is 0.153 e. The van der Waals surface area contributed by atoms with Crippen molar-refractivity contribution in [1.82, 2.24) is 20.4 Å². The van der Waals surface area contributed by atoms with Crippen molar-refractivity contribution in [2.24, 2.45) is 0 Å². The van der Waals surface area contributed by atoms with E-state index in [-0.39, 0.29) is 11.2 Å². The Bertz CT molecular complexity index is 1150. The molecule has 2 aromatic carbocycles. The summed E-state index contributed by atoms with van der Waals surface area (Å²) in [6, 6.07) is 16.6. The average molecular weight is 374 g/mol. The molecule has 6 nitrogen and oxygen atoms in total. The van der Waals surface area contributed by atoms with Gasteiger partial charge in [0.2, 0.25) is 0 Å². The zero-order chi connectivity index (χ0) is 19.1. The lowest BCUT2D eigenvalue weighted by atomic mass is 9.95. The van der Waals surface area contributed by atoms with Crippen LogP contribution in [0.5, 0.6) is 0 Å². The standard InChI is InChI=1S/C21H19FN6/c22-16-4-2-1-3-15(16)21(9-10-21)12-24-19-8-7-17(25-27-19)13-5-6-18-14(11-13)20(23)28-26-18/h1-8,11H,9-10,12H2,(H,24,27)(H3,23,26,28). The number of nitrogen functional groups attached to an aromatic ring is 1. The first-order chi connectivity index (χ1) is 13.6. The number of halogens is 1. The minimum absolute atomic E-state index is 0.142. The lowest BCUT2D eigenvalue weighted by Gasteiger charge is -2.17. The highest BCUT2D eigenvalue weighted by Gasteiger charge is 2.45. The van der Waals surface area contributed by atoms with Gasteiger partial charge in [-0.2, -0.15) is 5.10 Å². The minimum Gasteiger partial charge on any atom is -0.382 e. The second-order valence-electron chi connectivity index (χ2n) is 7.29. The summed E-state index contributed by atoms with van der Waals surface area (Å²) >= 11 is 0. The van der Waals surface area contributed by atoms with E-state index in [9.17, 15) is 4.39 Å². The summed E-state index contributed by atoms with van der Waals surface area (Å²) in [6.07, 6.45) is 1.94. The number of nitrogens with one attached hydrogen (secondary N) is 2. The van der Waals surface area contributed by atoms with E-state index in [0.29, 0.717) is 18.2 Å². The molecule has 4 aromatic rings. The van der Waals surface area contributed by atoms with Crippen molar-refractivity contribution in [2.75, 3.05) is 17.6 Å². The van der Waals surface area contributed by atoms with Crippen molar-refractivity contribution in [3.63, 3.8) is 0 Å². The number of rotatable bonds is 5. The van der Waals surface area contributed by atoms with Crippen LogP contribution in [-0.4, -0.2) is 26.9 Å². The quantitative estimate of drug-likeness (QED) is 0.493. The van der Waals surface area contributed by atoms with Gasteiger partial charge in [0.25, 0.3) is 0 Å². The van der Waals surface area contributed by atoms with Gasteiger partial charge in [-0.05, 0) is 48.7 Å². The summed E-state index contributed by atoms with van der Waals surface area (Å²) in [5, 5.41) is 19.7. The molecule has 1 aliphatic rings. The summed E-state index contributed by atoms with van der Waals surface area (Å²) in [5.41, 5.74) is 9.07. The number of anilines is 2. The SMILES string of the molecule is Nc1n[nH]c2ccc(-c3ccc(NCC4(c5ccccc5F)CC4)nn3)cc12. The zero-order valence-electron chi connectivity index (χ0n) is 15.1. The molecule has 28 heavy (non-hydrogen) atoms. The number of hydrogen-bond donors (Lipinski definition) is 3. The fourth-order valence-corrected chi connectivity index (χ4v) is 3.62. The second kappa shape index (κ2) is 6.30. The van der Waals surface area contributed by atoms with E-state index in [4.69, 9.17) is 5.73 Å². The third kappa shape index (κ3) is 2.85. The molecule has 140 valence electrons. The maximum absolute atomic E-state index is 14.1. The number of hydrogen-bond acceptors (Lipinski definition) is 5. The number of benzene rings is 2. The second-order valence-corrected chi connectivity index (χ2v) is 7.29. The fourth-order valence-electron chi connectivity index (χ4n) is 3.62. The number of H-pyrrole nitrogens is 1. The third-order valence-corrected chi connectivity index (χ3v) is 5.46. The van der Waals surface area contributed by atoms with Crippen LogP contribution in [0.3, 0.4) is 0 Å². The van der Waals surface area contributed by atoms with Gasteiger partial charge in [0, 0.05) is 22.9 Å². The van der Waals surface area contributed by atoms with Crippen LogP contribution in [0.15, 0.2) is 54.6 Å². The van der Waals surface area contributed by atoms with Crippen molar-refractivity contribution < 1.29 is 4.39 Å². The zero-order valence-corrected chi connectivity index (χ0v) is 15.1. The van der Waals surface area contributed by atoms with Gasteiger partial charge in [-0.15, -0.1) is 10.2 Å². The largest absolute Gasteiger partial charge is 0.382 e. The molecule has 0 unspecified atom stereocenters. The number of aromatic amines is 1. The molecule has 5 rings (SSSR count). The molecule has 0 atom stereocenters. The summed E-state index contributed by atoms with van der Waals surface area (Å²) < 4.78 is 14.1. The van der Waals surface area contributed by atoms with Crippen LogP contribution < -0.4 is 11.1 Å². The van der Waals surface area contributed by atoms with Gasteiger partial charge in [-0.3, -0.25) is 5.10 Å².